The Morgan fingerprint density at radius 1 is 1.03 bits per heavy atom. The summed E-state index contributed by atoms with van der Waals surface area (Å²) < 4.78 is 10.9. The van der Waals surface area contributed by atoms with Crippen molar-refractivity contribution in [3.8, 4) is 0 Å². The Hall–Kier alpha value is -1.88. The Morgan fingerprint density at radius 3 is 2.51 bits per heavy atom. The van der Waals surface area contributed by atoms with Crippen LogP contribution in [0.2, 0.25) is 0 Å². The average molecular weight is 511 g/mol. The van der Waals surface area contributed by atoms with Gasteiger partial charge >= 0.3 is 11.9 Å². The third-order valence-corrected chi connectivity index (χ3v) is 11.8. The molecule has 4 saturated carbocycles. The molecule has 1 aromatic rings. The molecule has 37 heavy (non-hydrogen) atoms. The fourth-order valence-electron chi connectivity index (χ4n) is 9.69. The maximum absolute atomic E-state index is 12.7. The predicted molar refractivity (Wildman–Crippen MR) is 143 cm³/mol. The molecule has 4 aliphatic rings. The maximum Gasteiger partial charge on any atom is 0.338 e. The number of benzene rings is 1. The SMILES string of the molecule is COC(=O)CC[C@H](C)[C@H]1CC[C@H]2[C@H]3CC[C@H]4C[C@H](OC(=O)c5ccccc5)CC[C@]4(C)[C@@H]3C[C@H](O)[C@]12C. The van der Waals surface area contributed by atoms with Crippen molar-refractivity contribution in [2.24, 2.45) is 46.3 Å². The molecule has 4 fully saturated rings. The predicted octanol–water partition coefficient (Wildman–Crippen LogP) is 6.43. The summed E-state index contributed by atoms with van der Waals surface area (Å²) in [5, 5.41) is 11.8. The standard InChI is InChI=1S/C32H46O5/c1-20(10-15-29(34)36-4)25-13-14-26-24-12-11-22-18-23(37-30(35)21-8-6-5-7-9-21)16-17-31(22,2)27(24)19-28(33)32(25,26)3/h5-9,20,22-28,33H,10-19H2,1-4H3/t20-,22-,23+,24+,25+,26-,27+,28-,31-,32+/m0/s1. The van der Waals surface area contributed by atoms with Gasteiger partial charge in [0.15, 0.2) is 0 Å². The minimum absolute atomic E-state index is 0.00682. The molecule has 0 spiro atoms. The number of hydrogen-bond donors (Lipinski definition) is 1. The fraction of sp³-hybridized carbons (Fsp3) is 0.750. The van der Waals surface area contributed by atoms with Gasteiger partial charge in [-0.1, -0.05) is 39.0 Å². The number of aliphatic hydroxyl groups excluding tert-OH is 1. The van der Waals surface area contributed by atoms with Crippen LogP contribution in [0.25, 0.3) is 0 Å². The van der Waals surface area contributed by atoms with Gasteiger partial charge in [-0.2, -0.15) is 0 Å². The smallest absolute Gasteiger partial charge is 0.338 e. The molecule has 0 aliphatic heterocycles. The molecule has 0 unspecified atom stereocenters. The van der Waals surface area contributed by atoms with Gasteiger partial charge in [-0.25, -0.2) is 4.79 Å². The Bertz CT molecular complexity index is 977. The van der Waals surface area contributed by atoms with Crippen LogP contribution in [0.1, 0.15) is 95.3 Å². The quantitative estimate of drug-likeness (QED) is 0.447. The molecule has 5 rings (SSSR count). The second kappa shape index (κ2) is 10.4. The first kappa shape index (κ1) is 26.7. The van der Waals surface area contributed by atoms with Gasteiger partial charge in [-0.15, -0.1) is 0 Å². The van der Waals surface area contributed by atoms with Crippen LogP contribution in [-0.2, 0) is 14.3 Å². The lowest BCUT2D eigenvalue weighted by Crippen LogP contribution is -2.59. The lowest BCUT2D eigenvalue weighted by molar-refractivity contribution is -0.175. The van der Waals surface area contributed by atoms with Crippen molar-refractivity contribution >= 4 is 11.9 Å². The number of hydrogen-bond acceptors (Lipinski definition) is 5. The van der Waals surface area contributed by atoms with E-state index in [-0.39, 0.29) is 35.0 Å². The van der Waals surface area contributed by atoms with E-state index in [1.807, 2.05) is 30.3 Å². The first-order valence-corrected chi connectivity index (χ1v) is 14.7. The number of fused-ring (bicyclic) bond motifs is 5. The van der Waals surface area contributed by atoms with Crippen LogP contribution in [-0.4, -0.2) is 36.4 Å². The van der Waals surface area contributed by atoms with Crippen LogP contribution < -0.4 is 0 Å². The third kappa shape index (κ3) is 4.64. The van der Waals surface area contributed by atoms with Crippen molar-refractivity contribution in [1.29, 1.82) is 0 Å². The van der Waals surface area contributed by atoms with E-state index in [1.54, 1.807) is 0 Å². The van der Waals surface area contributed by atoms with Crippen LogP contribution in [0.15, 0.2) is 30.3 Å². The first-order valence-electron chi connectivity index (χ1n) is 14.7. The molecular formula is C32H46O5. The van der Waals surface area contributed by atoms with Crippen molar-refractivity contribution in [2.45, 2.75) is 97.2 Å². The third-order valence-electron chi connectivity index (χ3n) is 11.8. The van der Waals surface area contributed by atoms with E-state index in [2.05, 4.69) is 20.8 Å². The molecule has 0 bridgehead atoms. The van der Waals surface area contributed by atoms with E-state index in [9.17, 15) is 14.7 Å². The molecule has 204 valence electrons. The molecule has 0 saturated heterocycles. The zero-order chi connectivity index (χ0) is 26.4. The summed E-state index contributed by atoms with van der Waals surface area (Å²) >= 11 is 0. The van der Waals surface area contributed by atoms with Crippen molar-refractivity contribution < 1.29 is 24.2 Å². The highest BCUT2D eigenvalue weighted by molar-refractivity contribution is 5.89. The summed E-state index contributed by atoms with van der Waals surface area (Å²) in [7, 11) is 1.46. The van der Waals surface area contributed by atoms with Crippen LogP contribution in [0.4, 0.5) is 0 Å². The summed E-state index contributed by atoms with van der Waals surface area (Å²) in [5.41, 5.74) is 0.767. The number of methoxy groups -OCH3 is 1. The molecule has 1 N–H and O–H groups in total. The van der Waals surface area contributed by atoms with Crippen molar-refractivity contribution in [3.05, 3.63) is 35.9 Å². The van der Waals surface area contributed by atoms with E-state index in [1.165, 1.54) is 26.4 Å². The highest BCUT2D eigenvalue weighted by Gasteiger charge is 2.63. The van der Waals surface area contributed by atoms with E-state index in [0.717, 1.165) is 38.5 Å². The number of carbonyl (C=O) groups excluding carboxylic acids is 2. The molecule has 5 nitrogen and oxygen atoms in total. The zero-order valence-electron chi connectivity index (χ0n) is 23.2. The van der Waals surface area contributed by atoms with Crippen molar-refractivity contribution in [1.82, 2.24) is 0 Å². The first-order chi connectivity index (χ1) is 17.7. The van der Waals surface area contributed by atoms with Gasteiger partial charge in [0, 0.05) is 6.42 Å². The highest BCUT2D eigenvalue weighted by atomic mass is 16.5. The van der Waals surface area contributed by atoms with Crippen LogP contribution in [0, 0.1) is 46.3 Å². The molecule has 0 aromatic heterocycles. The number of carbonyl (C=O) groups is 2. The number of rotatable bonds is 6. The van der Waals surface area contributed by atoms with Crippen molar-refractivity contribution in [3.63, 3.8) is 0 Å². The molecule has 10 atom stereocenters. The molecule has 0 heterocycles. The Kier molecular flexibility index (Phi) is 7.48. The number of ether oxygens (including phenoxy) is 2. The average Bonchev–Trinajstić information content (AvgIpc) is 3.27. The summed E-state index contributed by atoms with van der Waals surface area (Å²) in [6.07, 6.45) is 9.59. The second-order valence-electron chi connectivity index (χ2n) is 13.2. The molecule has 1 aromatic carbocycles. The summed E-state index contributed by atoms with van der Waals surface area (Å²) in [5.74, 6) is 2.82. The number of aliphatic hydroxyl groups is 1. The molecule has 0 radical (unpaired) electrons. The van der Waals surface area contributed by atoms with E-state index >= 15 is 0 Å². The van der Waals surface area contributed by atoms with E-state index < -0.39 is 0 Å². The Labute approximate surface area is 222 Å². The highest BCUT2D eigenvalue weighted by Crippen LogP contribution is 2.68. The monoisotopic (exact) mass is 510 g/mol. The van der Waals surface area contributed by atoms with Crippen molar-refractivity contribution in [2.75, 3.05) is 7.11 Å². The fourth-order valence-corrected chi connectivity index (χ4v) is 9.69. The largest absolute Gasteiger partial charge is 0.469 e. The topological polar surface area (TPSA) is 72.8 Å². The lowest BCUT2D eigenvalue weighted by atomic mass is 9.43. The summed E-state index contributed by atoms with van der Waals surface area (Å²) in [6, 6.07) is 9.33. The van der Waals surface area contributed by atoms with Gasteiger partial charge < -0.3 is 14.6 Å². The Balaban J connectivity index is 1.27. The van der Waals surface area contributed by atoms with Gasteiger partial charge in [-0.05, 0) is 116 Å². The van der Waals surface area contributed by atoms with Gasteiger partial charge in [0.1, 0.15) is 6.10 Å². The summed E-state index contributed by atoms with van der Waals surface area (Å²) in [6.45, 7) is 7.11. The zero-order valence-corrected chi connectivity index (χ0v) is 23.2. The molecule has 4 aliphatic carbocycles. The second-order valence-corrected chi connectivity index (χ2v) is 13.2. The van der Waals surface area contributed by atoms with Gasteiger partial charge in [0.2, 0.25) is 0 Å². The lowest BCUT2D eigenvalue weighted by Gasteiger charge is -2.62. The van der Waals surface area contributed by atoms with Crippen LogP contribution in [0.3, 0.4) is 0 Å². The number of esters is 2. The minimum Gasteiger partial charge on any atom is -0.469 e. The normalized spacial score (nSPS) is 41.6. The van der Waals surface area contributed by atoms with E-state index in [4.69, 9.17) is 9.47 Å². The Morgan fingerprint density at radius 2 is 1.78 bits per heavy atom. The molecular weight excluding hydrogens is 464 g/mol. The maximum atomic E-state index is 12.7. The summed E-state index contributed by atoms with van der Waals surface area (Å²) in [4.78, 5) is 24.5. The van der Waals surface area contributed by atoms with Crippen LogP contribution >= 0.6 is 0 Å². The van der Waals surface area contributed by atoms with E-state index in [0.29, 0.717) is 47.5 Å². The van der Waals surface area contributed by atoms with Gasteiger partial charge in [-0.3, -0.25) is 4.79 Å². The van der Waals surface area contributed by atoms with Gasteiger partial charge in [0.25, 0.3) is 0 Å². The van der Waals surface area contributed by atoms with Crippen LogP contribution in [0.5, 0.6) is 0 Å². The molecule has 5 heteroatoms. The van der Waals surface area contributed by atoms with Gasteiger partial charge in [0.05, 0.1) is 18.8 Å². The minimum atomic E-state index is -0.295. The molecule has 0 amide bonds.